The molecule has 1 aromatic rings. The summed E-state index contributed by atoms with van der Waals surface area (Å²) >= 11 is 1.62. The van der Waals surface area contributed by atoms with Crippen LogP contribution in [0.4, 0.5) is 0 Å². The second-order valence-corrected chi connectivity index (χ2v) is 10.6. The van der Waals surface area contributed by atoms with Crippen LogP contribution in [0.25, 0.3) is 0 Å². The highest BCUT2D eigenvalue weighted by atomic mass is 32.1. The zero-order valence-electron chi connectivity index (χ0n) is 16.5. The first-order valence-corrected chi connectivity index (χ1v) is 11.1. The number of carbonyl (C=O) groups excluding carboxylic acids is 3. The minimum Gasteiger partial charge on any atom is -0.373 e. The number of amides is 3. The molecule has 0 saturated carbocycles. The first-order chi connectivity index (χ1) is 13.3. The number of ether oxygens (including phenoxy) is 1. The quantitative estimate of drug-likeness (QED) is 0.772. The maximum Gasteiger partial charge on any atom is 0.271 e. The van der Waals surface area contributed by atoms with Gasteiger partial charge < -0.3 is 4.74 Å². The third-order valence-electron chi connectivity index (χ3n) is 7.12. The number of thiophene rings is 1. The van der Waals surface area contributed by atoms with Crippen LogP contribution in [0.1, 0.15) is 60.8 Å². The molecule has 3 fully saturated rings. The number of nitrogens with zero attached hydrogens (tertiary/aromatic N) is 1. The molecule has 0 aromatic carbocycles. The Balaban J connectivity index is 1.33. The zero-order chi connectivity index (χ0) is 19.8. The Morgan fingerprint density at radius 2 is 1.79 bits per heavy atom. The highest BCUT2D eigenvalue weighted by Crippen LogP contribution is 2.48. The van der Waals surface area contributed by atoms with Crippen molar-refractivity contribution in [3.05, 3.63) is 21.4 Å². The molecule has 6 nitrogen and oxygen atoms in total. The first kappa shape index (κ1) is 18.3. The van der Waals surface area contributed by atoms with Crippen molar-refractivity contribution in [2.24, 2.45) is 23.2 Å². The molecule has 0 spiro atoms. The number of rotatable bonds is 2. The smallest absolute Gasteiger partial charge is 0.271 e. The van der Waals surface area contributed by atoms with Crippen LogP contribution in [0.3, 0.4) is 0 Å². The summed E-state index contributed by atoms with van der Waals surface area (Å²) in [5, 5.41) is 2.85. The van der Waals surface area contributed by atoms with Crippen LogP contribution in [0.15, 0.2) is 5.38 Å². The molecular formula is C21H26N2O4S. The molecule has 7 heteroatoms. The fraction of sp³-hybridized carbons (Fsp3) is 0.667. The Morgan fingerprint density at radius 1 is 1.14 bits per heavy atom. The lowest BCUT2D eigenvalue weighted by Gasteiger charge is -2.34. The van der Waals surface area contributed by atoms with E-state index in [9.17, 15) is 14.4 Å². The highest BCUT2D eigenvalue weighted by Gasteiger charge is 2.63. The molecule has 3 aliphatic heterocycles. The van der Waals surface area contributed by atoms with Gasteiger partial charge in [0.15, 0.2) is 0 Å². The van der Waals surface area contributed by atoms with Crippen LogP contribution in [0, 0.1) is 23.2 Å². The molecule has 1 aliphatic carbocycles. The van der Waals surface area contributed by atoms with Crippen LogP contribution in [-0.2, 0) is 27.2 Å². The average molecular weight is 403 g/mol. The van der Waals surface area contributed by atoms with Crippen molar-refractivity contribution in [3.8, 4) is 0 Å². The minimum atomic E-state index is -0.421. The number of hydrogen-bond acceptors (Lipinski definition) is 5. The Hall–Kier alpha value is -1.73. The largest absolute Gasteiger partial charge is 0.373 e. The summed E-state index contributed by atoms with van der Waals surface area (Å²) in [7, 11) is 0. The summed E-state index contributed by atoms with van der Waals surface area (Å²) < 4.78 is 5.74. The lowest BCUT2D eigenvalue weighted by atomic mass is 9.72. The Kier molecular flexibility index (Phi) is 4.01. The Morgan fingerprint density at radius 3 is 2.39 bits per heavy atom. The third-order valence-corrected chi connectivity index (χ3v) is 8.17. The lowest BCUT2D eigenvalue weighted by Crippen LogP contribution is -2.48. The van der Waals surface area contributed by atoms with E-state index < -0.39 is 11.8 Å². The van der Waals surface area contributed by atoms with Crippen LogP contribution in [-0.4, -0.2) is 34.9 Å². The molecule has 5 rings (SSSR count). The van der Waals surface area contributed by atoms with Gasteiger partial charge in [-0.2, -0.15) is 5.01 Å². The van der Waals surface area contributed by atoms with Crippen molar-refractivity contribution in [1.82, 2.24) is 10.4 Å². The average Bonchev–Trinajstić information content (AvgIpc) is 3.39. The van der Waals surface area contributed by atoms with Gasteiger partial charge in [-0.15, -0.1) is 11.3 Å². The lowest BCUT2D eigenvalue weighted by molar-refractivity contribution is -0.145. The van der Waals surface area contributed by atoms with Gasteiger partial charge in [0.1, 0.15) is 0 Å². The van der Waals surface area contributed by atoms with E-state index in [2.05, 4.69) is 26.2 Å². The van der Waals surface area contributed by atoms with E-state index in [1.807, 2.05) is 5.38 Å². The molecule has 150 valence electrons. The van der Waals surface area contributed by atoms with Crippen molar-refractivity contribution >= 4 is 29.1 Å². The van der Waals surface area contributed by atoms with Gasteiger partial charge in [0.25, 0.3) is 17.7 Å². The number of hydrogen-bond donors (Lipinski definition) is 1. The molecule has 4 heterocycles. The predicted octanol–water partition coefficient (Wildman–Crippen LogP) is 2.71. The van der Waals surface area contributed by atoms with Crippen LogP contribution >= 0.6 is 11.3 Å². The summed E-state index contributed by atoms with van der Waals surface area (Å²) in [6, 6.07) is 0. The van der Waals surface area contributed by atoms with Gasteiger partial charge >= 0.3 is 0 Å². The fourth-order valence-corrected chi connectivity index (χ4v) is 6.59. The predicted molar refractivity (Wildman–Crippen MR) is 103 cm³/mol. The van der Waals surface area contributed by atoms with Crippen molar-refractivity contribution in [3.63, 3.8) is 0 Å². The SMILES string of the molecule is CC(C)(C)[C@@H]1CCc2c(C(=O)NN3C(=O)[C@@H]4[C@H](C3=O)[C@@H]3CC[C@H]4O3)csc2C1. The molecule has 1 aromatic heterocycles. The van der Waals surface area contributed by atoms with Crippen LogP contribution in [0.5, 0.6) is 0 Å². The van der Waals surface area contributed by atoms with Gasteiger partial charge in [0.2, 0.25) is 0 Å². The monoisotopic (exact) mass is 402 g/mol. The third kappa shape index (κ3) is 2.59. The molecule has 5 atom stereocenters. The van der Waals surface area contributed by atoms with Crippen molar-refractivity contribution in [1.29, 1.82) is 0 Å². The highest BCUT2D eigenvalue weighted by molar-refractivity contribution is 7.10. The number of imide groups is 1. The number of nitrogens with one attached hydrogen (secondary N) is 1. The molecule has 0 unspecified atom stereocenters. The van der Waals surface area contributed by atoms with E-state index in [4.69, 9.17) is 4.74 Å². The Bertz CT molecular complexity index is 842. The van der Waals surface area contributed by atoms with E-state index in [0.29, 0.717) is 11.5 Å². The second-order valence-electron chi connectivity index (χ2n) is 9.65. The van der Waals surface area contributed by atoms with Gasteiger partial charge in [-0.3, -0.25) is 19.8 Å². The van der Waals surface area contributed by atoms with Crippen molar-refractivity contribution in [2.75, 3.05) is 0 Å². The molecule has 3 amide bonds. The van der Waals surface area contributed by atoms with Gasteiger partial charge in [0, 0.05) is 10.3 Å². The summed E-state index contributed by atoms with van der Waals surface area (Å²) in [5.74, 6) is -1.21. The van der Waals surface area contributed by atoms with Gasteiger partial charge in [-0.05, 0) is 49.0 Å². The molecule has 1 N–H and O–H groups in total. The number of fused-ring (bicyclic) bond motifs is 6. The van der Waals surface area contributed by atoms with E-state index in [1.54, 1.807) is 11.3 Å². The number of hydrazine groups is 1. The molecule has 2 bridgehead atoms. The standard InChI is InChI=1S/C21H26N2O4S/c1-21(2,3)10-4-5-11-12(9-28-15(11)8-10)18(24)22-23-19(25)16-13-6-7-14(27-13)17(16)20(23)26/h9-10,13-14,16-17H,4-8H2,1-3H3,(H,22,24)/t10-,13-,14+,16+,17-/m1/s1. The van der Waals surface area contributed by atoms with Crippen LogP contribution < -0.4 is 5.43 Å². The minimum absolute atomic E-state index is 0.170. The normalized spacial score (nSPS) is 34.0. The van der Waals surface area contributed by atoms with Crippen molar-refractivity contribution in [2.45, 2.75) is 65.1 Å². The van der Waals surface area contributed by atoms with Gasteiger partial charge in [-0.1, -0.05) is 20.8 Å². The summed E-state index contributed by atoms with van der Waals surface area (Å²) in [6.07, 6.45) is 4.21. The molecule has 3 saturated heterocycles. The topological polar surface area (TPSA) is 75.7 Å². The summed E-state index contributed by atoms with van der Waals surface area (Å²) in [6.45, 7) is 6.80. The van der Waals surface area contributed by atoms with Gasteiger partial charge in [0.05, 0.1) is 29.6 Å². The molecule has 0 radical (unpaired) electrons. The summed E-state index contributed by atoms with van der Waals surface area (Å²) in [5.41, 5.74) is 4.57. The fourth-order valence-electron chi connectivity index (χ4n) is 5.43. The molecule has 28 heavy (non-hydrogen) atoms. The van der Waals surface area contributed by atoms with E-state index in [-0.39, 0.29) is 35.3 Å². The van der Waals surface area contributed by atoms with Crippen LogP contribution in [0.2, 0.25) is 0 Å². The maximum absolute atomic E-state index is 12.9. The second kappa shape index (κ2) is 6.13. The van der Waals surface area contributed by atoms with E-state index in [0.717, 1.165) is 42.7 Å². The van der Waals surface area contributed by atoms with Crippen molar-refractivity contribution < 1.29 is 19.1 Å². The first-order valence-electron chi connectivity index (χ1n) is 10.2. The summed E-state index contributed by atoms with van der Waals surface area (Å²) in [4.78, 5) is 39.7. The molecule has 4 aliphatic rings. The van der Waals surface area contributed by atoms with E-state index in [1.165, 1.54) is 4.88 Å². The van der Waals surface area contributed by atoms with Gasteiger partial charge in [-0.25, -0.2) is 0 Å². The Labute approximate surface area is 168 Å². The maximum atomic E-state index is 12.9. The zero-order valence-corrected chi connectivity index (χ0v) is 17.3. The van der Waals surface area contributed by atoms with E-state index >= 15 is 0 Å². The molecular weight excluding hydrogens is 376 g/mol. The number of carbonyl (C=O) groups is 3.